The lowest BCUT2D eigenvalue weighted by Crippen LogP contribution is -2.52. The Morgan fingerprint density at radius 2 is 2.05 bits per heavy atom. The minimum absolute atomic E-state index is 0.0116. The van der Waals surface area contributed by atoms with Crippen LogP contribution in [0.3, 0.4) is 0 Å². The first-order chi connectivity index (χ1) is 9.20. The first-order valence-corrected chi connectivity index (χ1v) is 8.03. The van der Waals surface area contributed by atoms with Crippen molar-refractivity contribution in [1.29, 1.82) is 0 Å². The van der Waals surface area contributed by atoms with Gasteiger partial charge in [-0.2, -0.15) is 0 Å². The van der Waals surface area contributed by atoms with E-state index < -0.39 is 27.4 Å². The minimum Gasteiger partial charge on any atom is -0.481 e. The van der Waals surface area contributed by atoms with E-state index in [1.165, 1.54) is 11.9 Å². The highest BCUT2D eigenvalue weighted by Crippen LogP contribution is 2.29. The van der Waals surface area contributed by atoms with Crippen molar-refractivity contribution in [2.45, 2.75) is 19.8 Å². The monoisotopic (exact) mass is 307 g/mol. The third-order valence-corrected chi connectivity index (χ3v) is 4.82. The molecule has 9 heteroatoms. The zero-order chi connectivity index (χ0) is 15.4. The standard InChI is InChI=1S/C11H21N3O5S/c1-11(9(15)16)4-3-6-14(8-11)10(17)13-5-7-20(18,19)12-2/h12H,3-8H2,1-2H3,(H,13,17)(H,15,16). The maximum absolute atomic E-state index is 11.9. The number of nitrogens with one attached hydrogen (secondary N) is 2. The molecule has 0 aliphatic carbocycles. The molecule has 1 unspecified atom stereocenters. The number of amides is 2. The van der Waals surface area contributed by atoms with Crippen molar-refractivity contribution >= 4 is 22.0 Å². The van der Waals surface area contributed by atoms with Crippen molar-refractivity contribution in [3.63, 3.8) is 0 Å². The Bertz CT molecular complexity index is 478. The van der Waals surface area contributed by atoms with Gasteiger partial charge in [-0.1, -0.05) is 0 Å². The van der Waals surface area contributed by atoms with Crippen molar-refractivity contribution < 1.29 is 23.1 Å². The van der Waals surface area contributed by atoms with E-state index in [-0.39, 0.29) is 18.8 Å². The molecule has 0 radical (unpaired) electrons. The molecule has 20 heavy (non-hydrogen) atoms. The molecule has 0 aromatic heterocycles. The van der Waals surface area contributed by atoms with Gasteiger partial charge in [0.25, 0.3) is 0 Å². The lowest BCUT2D eigenvalue weighted by molar-refractivity contribution is -0.150. The summed E-state index contributed by atoms with van der Waals surface area (Å²) >= 11 is 0. The number of aliphatic carboxylic acids is 1. The second kappa shape index (κ2) is 6.40. The lowest BCUT2D eigenvalue weighted by Gasteiger charge is -2.37. The van der Waals surface area contributed by atoms with Gasteiger partial charge in [0, 0.05) is 19.6 Å². The Morgan fingerprint density at radius 3 is 2.60 bits per heavy atom. The van der Waals surface area contributed by atoms with E-state index in [1.807, 2.05) is 0 Å². The van der Waals surface area contributed by atoms with Crippen LogP contribution < -0.4 is 10.0 Å². The molecule has 0 bridgehead atoms. The molecule has 1 saturated heterocycles. The van der Waals surface area contributed by atoms with Crippen LogP contribution in [-0.4, -0.2) is 62.9 Å². The number of likely N-dealkylation sites (tertiary alicyclic amines) is 1. The van der Waals surface area contributed by atoms with E-state index in [0.29, 0.717) is 19.4 Å². The number of nitrogens with zero attached hydrogens (tertiary/aromatic N) is 1. The maximum Gasteiger partial charge on any atom is 0.317 e. The third kappa shape index (κ3) is 4.34. The van der Waals surface area contributed by atoms with Gasteiger partial charge in [-0.3, -0.25) is 4.79 Å². The van der Waals surface area contributed by atoms with Crippen LogP contribution in [-0.2, 0) is 14.8 Å². The van der Waals surface area contributed by atoms with Crippen molar-refractivity contribution in [2.75, 3.05) is 32.4 Å². The summed E-state index contributed by atoms with van der Waals surface area (Å²) in [5, 5.41) is 11.7. The number of piperidine rings is 1. The number of hydrogen-bond donors (Lipinski definition) is 3. The number of carbonyl (C=O) groups excluding carboxylic acids is 1. The first-order valence-electron chi connectivity index (χ1n) is 6.37. The van der Waals surface area contributed by atoms with E-state index in [2.05, 4.69) is 10.0 Å². The summed E-state index contributed by atoms with van der Waals surface area (Å²) < 4.78 is 24.5. The molecule has 0 aromatic rings. The zero-order valence-corrected chi connectivity index (χ0v) is 12.5. The minimum atomic E-state index is -3.36. The largest absolute Gasteiger partial charge is 0.481 e. The SMILES string of the molecule is CNS(=O)(=O)CCNC(=O)N1CCCC(C)(C(=O)O)C1. The van der Waals surface area contributed by atoms with Crippen molar-refractivity contribution in [3.8, 4) is 0 Å². The predicted octanol–water partition coefficient (Wildman–Crippen LogP) is -0.568. The highest BCUT2D eigenvalue weighted by atomic mass is 32.2. The molecule has 1 aliphatic rings. The van der Waals surface area contributed by atoms with Crippen LogP contribution in [0.2, 0.25) is 0 Å². The smallest absolute Gasteiger partial charge is 0.317 e. The van der Waals surface area contributed by atoms with E-state index in [9.17, 15) is 18.0 Å². The van der Waals surface area contributed by atoms with Gasteiger partial charge in [-0.25, -0.2) is 17.9 Å². The second-order valence-corrected chi connectivity index (χ2v) is 7.19. The summed E-state index contributed by atoms with van der Waals surface area (Å²) in [4.78, 5) is 24.5. The first kappa shape index (κ1) is 16.7. The van der Waals surface area contributed by atoms with E-state index in [1.54, 1.807) is 6.92 Å². The highest BCUT2D eigenvalue weighted by Gasteiger charge is 2.39. The van der Waals surface area contributed by atoms with Crippen molar-refractivity contribution in [3.05, 3.63) is 0 Å². The fraction of sp³-hybridized carbons (Fsp3) is 0.818. The number of sulfonamides is 1. The molecule has 1 rings (SSSR count). The number of rotatable bonds is 5. The zero-order valence-electron chi connectivity index (χ0n) is 11.7. The Labute approximate surface area is 118 Å². The van der Waals surface area contributed by atoms with Crippen LogP contribution in [0.5, 0.6) is 0 Å². The summed E-state index contributed by atoms with van der Waals surface area (Å²) in [7, 11) is -2.05. The fourth-order valence-electron chi connectivity index (χ4n) is 2.09. The number of urea groups is 1. The van der Waals surface area contributed by atoms with Crippen LogP contribution in [0.1, 0.15) is 19.8 Å². The molecule has 2 amide bonds. The summed E-state index contributed by atoms with van der Waals surface area (Å²) in [6.07, 6.45) is 1.14. The van der Waals surface area contributed by atoms with Gasteiger partial charge in [0.15, 0.2) is 0 Å². The Balaban J connectivity index is 2.50. The summed E-state index contributed by atoms with van der Waals surface area (Å²) in [5.74, 6) is -1.13. The lowest BCUT2D eigenvalue weighted by atomic mass is 9.82. The van der Waals surface area contributed by atoms with E-state index >= 15 is 0 Å². The highest BCUT2D eigenvalue weighted by molar-refractivity contribution is 7.89. The quantitative estimate of drug-likeness (QED) is 0.629. The Hall–Kier alpha value is -1.35. The predicted molar refractivity (Wildman–Crippen MR) is 72.8 cm³/mol. The molecule has 1 atom stereocenters. The number of carbonyl (C=O) groups is 2. The van der Waals surface area contributed by atoms with Gasteiger partial charge in [0.1, 0.15) is 0 Å². The van der Waals surface area contributed by atoms with Gasteiger partial charge in [-0.05, 0) is 26.8 Å². The average Bonchev–Trinajstić information content (AvgIpc) is 2.38. The molecular formula is C11H21N3O5S. The molecule has 0 spiro atoms. The molecule has 1 aliphatic heterocycles. The molecular weight excluding hydrogens is 286 g/mol. The summed E-state index contributed by atoms with van der Waals surface area (Å²) in [6.45, 7) is 2.21. The molecule has 0 aromatic carbocycles. The van der Waals surface area contributed by atoms with Gasteiger partial charge in [-0.15, -0.1) is 0 Å². The number of hydrogen-bond acceptors (Lipinski definition) is 4. The van der Waals surface area contributed by atoms with Gasteiger partial charge >= 0.3 is 12.0 Å². The van der Waals surface area contributed by atoms with Crippen LogP contribution in [0, 0.1) is 5.41 Å². The second-order valence-electron chi connectivity index (χ2n) is 5.15. The molecule has 116 valence electrons. The summed E-state index contributed by atoms with van der Waals surface area (Å²) in [5.41, 5.74) is -0.938. The van der Waals surface area contributed by atoms with E-state index in [0.717, 1.165) is 0 Å². The van der Waals surface area contributed by atoms with Crippen LogP contribution in [0.15, 0.2) is 0 Å². The van der Waals surface area contributed by atoms with Crippen LogP contribution in [0.4, 0.5) is 4.79 Å². The van der Waals surface area contributed by atoms with Crippen LogP contribution in [0.25, 0.3) is 0 Å². The van der Waals surface area contributed by atoms with Crippen molar-refractivity contribution in [2.24, 2.45) is 5.41 Å². The summed E-state index contributed by atoms with van der Waals surface area (Å²) in [6, 6.07) is -0.427. The van der Waals surface area contributed by atoms with E-state index in [4.69, 9.17) is 5.11 Å². The Kier molecular flexibility index (Phi) is 5.35. The normalized spacial score (nSPS) is 23.4. The van der Waals surface area contributed by atoms with Crippen molar-refractivity contribution in [1.82, 2.24) is 14.9 Å². The number of carboxylic acid groups (broad SMARTS) is 1. The topological polar surface area (TPSA) is 116 Å². The third-order valence-electron chi connectivity index (χ3n) is 3.46. The molecule has 0 saturated carbocycles. The molecule has 3 N–H and O–H groups in total. The molecule has 8 nitrogen and oxygen atoms in total. The average molecular weight is 307 g/mol. The van der Waals surface area contributed by atoms with Gasteiger partial charge in [0.2, 0.25) is 10.0 Å². The Morgan fingerprint density at radius 1 is 1.40 bits per heavy atom. The number of carboxylic acids is 1. The maximum atomic E-state index is 11.9. The van der Waals surface area contributed by atoms with Gasteiger partial charge in [0.05, 0.1) is 11.2 Å². The van der Waals surface area contributed by atoms with Gasteiger partial charge < -0.3 is 15.3 Å². The molecule has 1 fully saturated rings. The van der Waals surface area contributed by atoms with Crippen LogP contribution >= 0.6 is 0 Å². The fourth-order valence-corrected chi connectivity index (χ4v) is 2.67. The molecule has 1 heterocycles.